The minimum Gasteiger partial charge on any atom is -0.484 e. The fourth-order valence-corrected chi connectivity index (χ4v) is 8.54. The zero-order valence-corrected chi connectivity index (χ0v) is 21.7. The molecule has 7 nitrogen and oxygen atoms in total. The molecule has 0 aromatic heterocycles. The van der Waals surface area contributed by atoms with Crippen molar-refractivity contribution in [2.45, 2.75) is 48.3 Å². The van der Waals surface area contributed by atoms with Crippen LogP contribution < -0.4 is 19.9 Å². The van der Waals surface area contributed by atoms with E-state index in [0.29, 0.717) is 11.4 Å². The Morgan fingerprint density at radius 2 is 1.68 bits per heavy atom. The molecule has 0 saturated heterocycles. The predicted octanol–water partition coefficient (Wildman–Crippen LogP) is 5.32. The van der Waals surface area contributed by atoms with Crippen LogP contribution >= 0.6 is 0 Å². The zero-order valence-electron chi connectivity index (χ0n) is 20.9. The quantitative estimate of drug-likeness (QED) is 0.430. The van der Waals surface area contributed by atoms with Gasteiger partial charge in [-0.15, -0.1) is 0 Å². The molecular formula is C30H30N2O5S. The Morgan fingerprint density at radius 1 is 0.947 bits per heavy atom. The predicted molar refractivity (Wildman–Crippen MR) is 143 cm³/mol. The Labute approximate surface area is 222 Å². The minimum atomic E-state index is -3.85. The van der Waals surface area contributed by atoms with Gasteiger partial charge in [0.25, 0.3) is 5.91 Å². The van der Waals surface area contributed by atoms with Gasteiger partial charge in [-0.3, -0.25) is 4.79 Å². The molecule has 8 heteroatoms. The van der Waals surface area contributed by atoms with E-state index in [1.54, 1.807) is 18.2 Å². The average molecular weight is 531 g/mol. The van der Waals surface area contributed by atoms with Crippen molar-refractivity contribution in [3.8, 4) is 17.2 Å². The highest BCUT2D eigenvalue weighted by Gasteiger charge is 2.58. The summed E-state index contributed by atoms with van der Waals surface area (Å²) in [6, 6.07) is 20.0. The van der Waals surface area contributed by atoms with Crippen molar-refractivity contribution in [1.29, 1.82) is 0 Å². The lowest BCUT2D eigenvalue weighted by molar-refractivity contribution is -0.118. The molecule has 0 radical (unpaired) electrons. The van der Waals surface area contributed by atoms with Crippen molar-refractivity contribution < 1.29 is 22.7 Å². The number of sulfonamides is 1. The van der Waals surface area contributed by atoms with E-state index >= 15 is 0 Å². The Kier molecular flexibility index (Phi) is 5.36. The van der Waals surface area contributed by atoms with E-state index < -0.39 is 15.9 Å². The van der Waals surface area contributed by atoms with Gasteiger partial charge >= 0.3 is 0 Å². The number of nitrogens with one attached hydrogen (secondary N) is 1. The zero-order chi connectivity index (χ0) is 26.1. The topological polar surface area (TPSA) is 108 Å². The molecule has 3 aromatic carbocycles. The Balaban J connectivity index is 1.01. The molecule has 1 amide bonds. The number of nitrogens with two attached hydrogens (primary N) is 1. The van der Waals surface area contributed by atoms with Crippen molar-refractivity contribution in [3.63, 3.8) is 0 Å². The maximum Gasteiger partial charge on any atom is 0.262 e. The fourth-order valence-electron chi connectivity index (χ4n) is 7.98. The fraction of sp³-hybridized carbons (Fsp3) is 0.367. The second-order valence-corrected chi connectivity index (χ2v) is 13.1. The van der Waals surface area contributed by atoms with Gasteiger partial charge in [-0.1, -0.05) is 18.2 Å². The number of benzene rings is 3. The van der Waals surface area contributed by atoms with Crippen molar-refractivity contribution >= 4 is 21.6 Å². The van der Waals surface area contributed by atoms with Gasteiger partial charge in [-0.05, 0) is 115 Å². The Bertz CT molecular complexity index is 1520. The first kappa shape index (κ1) is 23.7. The lowest BCUT2D eigenvalue weighted by Crippen LogP contribution is -2.50. The molecule has 38 heavy (non-hydrogen) atoms. The van der Waals surface area contributed by atoms with E-state index in [9.17, 15) is 13.2 Å². The van der Waals surface area contributed by atoms with Crippen LogP contribution in [0.5, 0.6) is 17.2 Å². The van der Waals surface area contributed by atoms with Crippen LogP contribution in [0.25, 0.3) is 0 Å². The van der Waals surface area contributed by atoms with Crippen LogP contribution in [-0.4, -0.2) is 20.9 Å². The van der Waals surface area contributed by atoms with E-state index in [1.165, 1.54) is 61.4 Å². The van der Waals surface area contributed by atoms with E-state index in [2.05, 4.69) is 23.5 Å². The lowest BCUT2D eigenvalue weighted by atomic mass is 9.46. The summed E-state index contributed by atoms with van der Waals surface area (Å²) in [4.78, 5) is 12.2. The average Bonchev–Trinajstić information content (AvgIpc) is 3.00. The number of hydrogen-bond donors (Lipinski definition) is 2. The summed E-state index contributed by atoms with van der Waals surface area (Å²) < 4.78 is 35.1. The number of carbonyl (C=O) groups excluding carboxylic acids is 1. The molecule has 1 spiro atoms. The summed E-state index contributed by atoms with van der Waals surface area (Å²) in [7, 11) is -3.85. The van der Waals surface area contributed by atoms with Gasteiger partial charge < -0.3 is 14.8 Å². The number of primary sulfonamides is 1. The van der Waals surface area contributed by atoms with Gasteiger partial charge in [0.15, 0.2) is 6.61 Å². The van der Waals surface area contributed by atoms with Gasteiger partial charge in [-0.25, -0.2) is 13.6 Å². The molecule has 0 heterocycles. The number of hydrogen-bond acceptors (Lipinski definition) is 5. The van der Waals surface area contributed by atoms with Crippen LogP contribution in [0.4, 0.5) is 5.69 Å². The molecule has 4 saturated carbocycles. The van der Waals surface area contributed by atoms with Gasteiger partial charge in [0, 0.05) is 11.3 Å². The number of ether oxygens (including phenoxy) is 2. The summed E-state index contributed by atoms with van der Waals surface area (Å²) in [5.74, 6) is 5.10. The second-order valence-electron chi connectivity index (χ2n) is 11.5. The SMILES string of the molecule is NS(=O)(=O)c1cccc(NC(=O)COc2ccc(Oc3ccc4cc3C35CC6CC(C3)C4C(C6)C5)cc2)c1. The summed E-state index contributed by atoms with van der Waals surface area (Å²) in [5, 5.41) is 7.78. The largest absolute Gasteiger partial charge is 0.484 e. The Hall–Kier alpha value is -3.36. The number of rotatable bonds is 7. The second kappa shape index (κ2) is 8.58. The van der Waals surface area contributed by atoms with E-state index in [-0.39, 0.29) is 16.9 Å². The third-order valence-corrected chi connectivity index (χ3v) is 10.0. The van der Waals surface area contributed by atoms with E-state index in [0.717, 1.165) is 35.2 Å². The summed E-state index contributed by atoms with van der Waals surface area (Å²) in [5.41, 5.74) is 3.52. The van der Waals surface area contributed by atoms with Gasteiger partial charge in [0.2, 0.25) is 10.0 Å². The molecule has 2 unspecified atom stereocenters. The smallest absolute Gasteiger partial charge is 0.262 e. The van der Waals surface area contributed by atoms with Crippen LogP contribution in [0, 0.1) is 17.8 Å². The first-order valence-corrected chi connectivity index (χ1v) is 14.8. The molecule has 3 aromatic rings. The maximum absolute atomic E-state index is 12.3. The highest BCUT2D eigenvalue weighted by atomic mass is 32.2. The minimum absolute atomic E-state index is 0.0707. The van der Waals surface area contributed by atoms with E-state index in [1.807, 2.05) is 12.1 Å². The first-order valence-electron chi connectivity index (χ1n) is 13.2. The van der Waals surface area contributed by atoms with Crippen LogP contribution in [0.1, 0.15) is 49.1 Å². The van der Waals surface area contributed by atoms with Crippen molar-refractivity contribution in [3.05, 3.63) is 77.9 Å². The van der Waals surface area contributed by atoms with Crippen molar-refractivity contribution in [2.75, 3.05) is 11.9 Å². The lowest BCUT2D eigenvalue weighted by Gasteiger charge is -2.58. The number of anilines is 1. The van der Waals surface area contributed by atoms with Crippen molar-refractivity contribution in [1.82, 2.24) is 0 Å². The van der Waals surface area contributed by atoms with Crippen LogP contribution in [-0.2, 0) is 20.2 Å². The maximum atomic E-state index is 12.3. The molecule has 6 aliphatic rings. The highest BCUT2D eigenvalue weighted by Crippen LogP contribution is 2.68. The summed E-state index contributed by atoms with van der Waals surface area (Å²) in [6.45, 7) is -0.224. The standard InChI is InChI=1S/C30H30N2O5S/c31-38(34,35)25-3-1-2-22(13-25)32-28(33)17-36-23-5-7-24(8-6-23)37-27-9-4-19-12-26(27)30-14-18-10-20(15-30)29(19)21(11-18)16-30/h1-9,12-13,18,20-21,29H,10-11,14-17H2,(H,32,33)(H2,31,34,35). The first-order chi connectivity index (χ1) is 18.3. The monoisotopic (exact) mass is 530 g/mol. The molecule has 6 aliphatic carbocycles. The van der Waals surface area contributed by atoms with Gasteiger partial charge in [0.05, 0.1) is 4.90 Å². The number of amides is 1. The summed E-state index contributed by atoms with van der Waals surface area (Å²) in [6.07, 6.45) is 6.71. The van der Waals surface area contributed by atoms with E-state index in [4.69, 9.17) is 14.6 Å². The molecule has 0 aliphatic heterocycles. The third kappa shape index (κ3) is 4.07. The molecule has 2 atom stereocenters. The number of carbonyl (C=O) groups is 1. The molecule has 3 N–H and O–H groups in total. The molecule has 4 fully saturated rings. The Morgan fingerprint density at radius 3 is 2.42 bits per heavy atom. The molecular weight excluding hydrogens is 500 g/mol. The third-order valence-electron chi connectivity index (χ3n) is 9.10. The molecule has 9 rings (SSSR count). The molecule has 196 valence electrons. The van der Waals surface area contributed by atoms with Crippen LogP contribution in [0.3, 0.4) is 0 Å². The van der Waals surface area contributed by atoms with Crippen LogP contribution in [0.2, 0.25) is 0 Å². The highest BCUT2D eigenvalue weighted by molar-refractivity contribution is 7.89. The molecule has 7 bridgehead atoms. The normalized spacial score (nSPS) is 28.1. The van der Waals surface area contributed by atoms with Crippen LogP contribution in [0.15, 0.2) is 71.6 Å². The summed E-state index contributed by atoms with van der Waals surface area (Å²) >= 11 is 0. The van der Waals surface area contributed by atoms with Crippen molar-refractivity contribution in [2.24, 2.45) is 22.9 Å². The van der Waals surface area contributed by atoms with Gasteiger partial charge in [-0.2, -0.15) is 0 Å². The van der Waals surface area contributed by atoms with Gasteiger partial charge in [0.1, 0.15) is 17.2 Å².